The number of fused-ring (bicyclic) bond motifs is 1. The third-order valence-corrected chi connectivity index (χ3v) is 5.72. The second-order valence-electron chi connectivity index (χ2n) is 7.78. The van der Waals surface area contributed by atoms with E-state index in [0.29, 0.717) is 39.8 Å². The number of carbonyl (C=O) groups excluding carboxylic acids is 1. The number of rotatable bonds is 5. The molecule has 0 aromatic heterocycles. The number of amides is 1. The summed E-state index contributed by atoms with van der Waals surface area (Å²) in [6.45, 7) is 1.29. The van der Waals surface area contributed by atoms with Crippen molar-refractivity contribution in [1.82, 2.24) is 14.3 Å². The Morgan fingerprint density at radius 2 is 2.00 bits per heavy atom. The topological polar surface area (TPSA) is 78.2 Å². The molecule has 1 N–H and O–H groups in total. The van der Waals surface area contributed by atoms with E-state index >= 15 is 0 Å². The van der Waals surface area contributed by atoms with Gasteiger partial charge in [0.15, 0.2) is 0 Å². The van der Waals surface area contributed by atoms with E-state index in [1.165, 1.54) is 4.68 Å². The van der Waals surface area contributed by atoms with Crippen LogP contribution >= 0.6 is 11.6 Å². The Morgan fingerprint density at radius 3 is 2.75 bits per heavy atom. The van der Waals surface area contributed by atoms with Crippen LogP contribution in [0, 0.1) is 0 Å². The van der Waals surface area contributed by atoms with Crippen molar-refractivity contribution < 1.29 is 9.53 Å². The first-order chi connectivity index (χ1) is 15.6. The summed E-state index contributed by atoms with van der Waals surface area (Å²) < 4.78 is 8.93. The minimum Gasteiger partial charge on any atom is -0.376 e. The SMILES string of the molecule is O=C(Nc1cccc(Cl)c1)c1cn(C[C@H]2CCCO2)cc2c(=O)n(-c3ccccc3)nc1-2. The predicted octanol–water partition coefficient (Wildman–Crippen LogP) is 4.22. The summed E-state index contributed by atoms with van der Waals surface area (Å²) in [6.07, 6.45) is 5.49. The number of halogens is 1. The fourth-order valence-electron chi connectivity index (χ4n) is 3.96. The number of benzene rings is 2. The van der Waals surface area contributed by atoms with E-state index in [9.17, 15) is 9.59 Å². The Kier molecular flexibility index (Phi) is 5.51. The molecule has 0 saturated carbocycles. The standard InChI is InChI=1S/C24H21ClN4O3/c25-16-6-4-7-17(12-16)26-23(30)20-14-28(13-19-10-5-11-32-19)15-21-22(20)27-29(24(21)31)18-8-2-1-3-9-18/h1-4,6-9,12,14-15,19H,5,10-11,13H2,(H,26,30)/t19-/m1/s1. The number of aromatic nitrogens is 3. The van der Waals surface area contributed by atoms with E-state index in [-0.39, 0.29) is 17.6 Å². The molecule has 32 heavy (non-hydrogen) atoms. The van der Waals surface area contributed by atoms with Crippen LogP contribution in [0.25, 0.3) is 16.9 Å². The van der Waals surface area contributed by atoms with Gasteiger partial charge in [0.25, 0.3) is 11.5 Å². The van der Waals surface area contributed by atoms with Gasteiger partial charge in [0.2, 0.25) is 0 Å². The van der Waals surface area contributed by atoms with Crippen molar-refractivity contribution in [1.29, 1.82) is 0 Å². The van der Waals surface area contributed by atoms with Gasteiger partial charge < -0.3 is 14.6 Å². The monoisotopic (exact) mass is 448 g/mol. The molecular formula is C24H21ClN4O3. The molecular weight excluding hydrogens is 428 g/mol. The third kappa shape index (κ3) is 4.04. The Morgan fingerprint density at radius 1 is 1.16 bits per heavy atom. The summed E-state index contributed by atoms with van der Waals surface area (Å²) in [5, 5.41) is 7.89. The number of hydrogen-bond donors (Lipinski definition) is 1. The van der Waals surface area contributed by atoms with Gasteiger partial charge in [-0.25, -0.2) is 0 Å². The number of nitrogens with one attached hydrogen (secondary N) is 1. The molecule has 3 heterocycles. The van der Waals surface area contributed by atoms with E-state index < -0.39 is 0 Å². The van der Waals surface area contributed by atoms with Gasteiger partial charge in [0, 0.05) is 36.3 Å². The largest absolute Gasteiger partial charge is 0.376 e. The molecule has 8 heteroatoms. The molecule has 0 aliphatic carbocycles. The van der Waals surface area contributed by atoms with Crippen molar-refractivity contribution >= 4 is 23.2 Å². The zero-order chi connectivity index (χ0) is 22.1. The molecule has 3 aliphatic rings. The average Bonchev–Trinajstić information content (AvgIpc) is 3.42. The molecule has 5 rings (SSSR count). The van der Waals surface area contributed by atoms with Gasteiger partial charge in [-0.3, -0.25) is 9.59 Å². The number of carbonyl (C=O) groups is 1. The summed E-state index contributed by atoms with van der Waals surface area (Å²) in [6, 6.07) is 16.1. The summed E-state index contributed by atoms with van der Waals surface area (Å²) in [7, 11) is 0. The number of anilines is 1. The van der Waals surface area contributed by atoms with Crippen molar-refractivity contribution in [2.45, 2.75) is 25.5 Å². The molecule has 0 radical (unpaired) electrons. The normalized spacial score (nSPS) is 15.8. The molecule has 0 bridgehead atoms. The van der Waals surface area contributed by atoms with E-state index in [1.54, 1.807) is 48.8 Å². The van der Waals surface area contributed by atoms with Gasteiger partial charge >= 0.3 is 0 Å². The first-order valence-electron chi connectivity index (χ1n) is 10.5. The number of para-hydroxylation sites is 1. The lowest BCUT2D eigenvalue weighted by atomic mass is 10.1. The maximum atomic E-state index is 13.2. The van der Waals surface area contributed by atoms with E-state index in [1.807, 2.05) is 22.8 Å². The summed E-state index contributed by atoms with van der Waals surface area (Å²) in [4.78, 5) is 26.4. The van der Waals surface area contributed by atoms with E-state index in [2.05, 4.69) is 10.4 Å². The van der Waals surface area contributed by atoms with Gasteiger partial charge in [-0.05, 0) is 43.2 Å². The Labute approximate surface area is 189 Å². The molecule has 1 atom stereocenters. The lowest BCUT2D eigenvalue weighted by Crippen LogP contribution is -2.20. The van der Waals surface area contributed by atoms with Crippen LogP contribution in [-0.2, 0) is 11.3 Å². The van der Waals surface area contributed by atoms with Crippen LogP contribution in [0.1, 0.15) is 23.2 Å². The lowest BCUT2D eigenvalue weighted by Gasteiger charge is -2.16. The maximum absolute atomic E-state index is 13.2. The highest BCUT2D eigenvalue weighted by Crippen LogP contribution is 2.25. The molecule has 2 aromatic rings. The second-order valence-corrected chi connectivity index (χ2v) is 8.22. The molecule has 1 saturated heterocycles. The number of ether oxygens (including phenoxy) is 1. The third-order valence-electron chi connectivity index (χ3n) is 5.49. The molecule has 1 fully saturated rings. The number of pyridine rings is 1. The van der Waals surface area contributed by atoms with Crippen LogP contribution in [0.3, 0.4) is 0 Å². The number of hydrogen-bond acceptors (Lipinski definition) is 4. The molecule has 162 valence electrons. The zero-order valence-corrected chi connectivity index (χ0v) is 18.0. The summed E-state index contributed by atoms with van der Waals surface area (Å²) >= 11 is 6.06. The molecule has 0 unspecified atom stereocenters. The first kappa shape index (κ1) is 20.5. The molecule has 0 spiro atoms. The van der Waals surface area contributed by atoms with Gasteiger partial charge in [0.05, 0.1) is 22.9 Å². The van der Waals surface area contributed by atoms with Crippen molar-refractivity contribution in [2.75, 3.05) is 11.9 Å². The highest BCUT2D eigenvalue weighted by atomic mass is 35.5. The highest BCUT2D eigenvalue weighted by molar-refractivity contribution is 6.31. The first-order valence-corrected chi connectivity index (χ1v) is 10.8. The van der Waals surface area contributed by atoms with Crippen LogP contribution in [0.4, 0.5) is 5.69 Å². The summed E-state index contributed by atoms with van der Waals surface area (Å²) in [5.74, 6) is -0.364. The Balaban J connectivity index is 1.60. The minimum absolute atomic E-state index is 0.0561. The van der Waals surface area contributed by atoms with Crippen molar-refractivity contribution in [2.24, 2.45) is 0 Å². The molecule has 2 aromatic carbocycles. The van der Waals surface area contributed by atoms with Crippen LogP contribution in [0.2, 0.25) is 5.02 Å². The van der Waals surface area contributed by atoms with Crippen LogP contribution < -0.4 is 10.9 Å². The second kappa shape index (κ2) is 8.61. The zero-order valence-electron chi connectivity index (χ0n) is 17.2. The lowest BCUT2D eigenvalue weighted by molar-refractivity contribution is 0.0961. The maximum Gasteiger partial charge on any atom is 0.282 e. The fraction of sp³-hybridized carbons (Fsp3) is 0.208. The molecule has 1 amide bonds. The quantitative estimate of drug-likeness (QED) is 0.495. The Bertz CT molecular complexity index is 1290. The summed E-state index contributed by atoms with van der Waals surface area (Å²) in [5.41, 5.74) is 1.97. The molecule has 3 aliphatic heterocycles. The average molecular weight is 449 g/mol. The predicted molar refractivity (Wildman–Crippen MR) is 123 cm³/mol. The van der Waals surface area contributed by atoms with Crippen molar-refractivity contribution in [3.05, 3.63) is 87.9 Å². The van der Waals surface area contributed by atoms with Gasteiger partial charge in [-0.1, -0.05) is 35.9 Å². The van der Waals surface area contributed by atoms with Crippen molar-refractivity contribution in [3.63, 3.8) is 0 Å². The van der Waals surface area contributed by atoms with Crippen LogP contribution in [0.15, 0.2) is 71.8 Å². The van der Waals surface area contributed by atoms with Crippen LogP contribution in [0.5, 0.6) is 0 Å². The van der Waals surface area contributed by atoms with Gasteiger partial charge in [-0.15, -0.1) is 0 Å². The van der Waals surface area contributed by atoms with Crippen molar-refractivity contribution in [3.8, 4) is 16.9 Å². The van der Waals surface area contributed by atoms with Crippen LogP contribution in [-0.4, -0.2) is 33.0 Å². The minimum atomic E-state index is -0.364. The van der Waals surface area contributed by atoms with Gasteiger partial charge in [0.1, 0.15) is 5.69 Å². The fourth-order valence-corrected chi connectivity index (χ4v) is 4.15. The smallest absolute Gasteiger partial charge is 0.282 e. The highest BCUT2D eigenvalue weighted by Gasteiger charge is 2.26. The molecule has 7 nitrogen and oxygen atoms in total. The van der Waals surface area contributed by atoms with E-state index in [0.717, 1.165) is 19.4 Å². The van der Waals surface area contributed by atoms with E-state index in [4.69, 9.17) is 16.3 Å². The Hall–Kier alpha value is -3.42. The number of nitrogens with zero attached hydrogens (tertiary/aromatic N) is 3. The van der Waals surface area contributed by atoms with Gasteiger partial charge in [-0.2, -0.15) is 9.78 Å².